The highest BCUT2D eigenvalue weighted by atomic mass is 35.5. The third kappa shape index (κ3) is 24.7. The molecule has 16 N–H and O–H groups in total. The molecule has 8 aromatic heterocycles. The van der Waals surface area contributed by atoms with Crippen molar-refractivity contribution in [2.45, 2.75) is 211 Å². The third-order valence-electron chi connectivity index (χ3n) is 21.2. The first kappa shape index (κ1) is 115. The van der Waals surface area contributed by atoms with Crippen molar-refractivity contribution < 1.29 is 91.2 Å². The molecule has 0 saturated heterocycles. The number of phenolic OH excluding ortho intramolecular Hbond substituents is 16. The standard InChI is InChI=1S/2C13H15ClN2O4.C13H16N2O4.3C12H13ClN2O3.2C12H14N2O3/c1-13(2,3)20-11-6-5-7(17)10(18)9(14)8(6)12(19)16(4)15-11;1-13(2,3)16-12(20)8-6(11(19)15(16)4)5-7(17)10(18)9(8)14;1-13(2,3)19-11-7-5-9(16)10(17)6-8(7)12(18)15(4)14-11;1-12(2,3)15-11(18)6-4-8(16)10(17)9(13)7(6)5-14-15;1-12(2,3)15-5-14-6-4-7(16)10(17)9(13)8(6)11(15)18;1-12(2,3)15-11(18)8-6(5-14-15)4-7(16)10(17)9(8)13;1-12(2,3)14-6-13-8-5-10(16)9(15)4-7(8)11(14)17;1-12(2,3)14-11(17)8-5-10(16)9(15)4-7(8)6-13-14/h2*5,17-18H,1-4H3;5-6,16-17H,1-4H3;3*4-5,16-17H,1-3H3;2*4-6,15-16H,1-3H3. The van der Waals surface area contributed by atoms with E-state index in [2.05, 4.69) is 35.5 Å². The van der Waals surface area contributed by atoms with E-state index in [0.29, 0.717) is 32.4 Å². The summed E-state index contributed by atoms with van der Waals surface area (Å²) in [7, 11) is 4.42. The summed E-state index contributed by atoms with van der Waals surface area (Å²) in [6.07, 6.45) is 7.19. The molecule has 0 spiro atoms. The van der Waals surface area contributed by atoms with E-state index in [9.17, 15) is 125 Å². The molecule has 786 valence electrons. The highest BCUT2D eigenvalue weighted by Crippen LogP contribution is 2.45. The highest BCUT2D eigenvalue weighted by Gasteiger charge is 2.31. The lowest BCUT2D eigenvalue weighted by molar-refractivity contribution is 0.123. The first-order chi connectivity index (χ1) is 67.2. The van der Waals surface area contributed by atoms with Crippen LogP contribution in [-0.2, 0) is 54.4 Å². The number of halogens is 5. The van der Waals surface area contributed by atoms with Gasteiger partial charge in [-0.2, -0.15) is 15.3 Å². The van der Waals surface area contributed by atoms with Crippen molar-refractivity contribution in [3.05, 3.63) is 216 Å². The number of hydrogen-bond donors (Lipinski definition) is 16. The van der Waals surface area contributed by atoms with Gasteiger partial charge in [-0.3, -0.25) is 52.3 Å². The fourth-order valence-electron chi connectivity index (χ4n) is 14.1. The van der Waals surface area contributed by atoms with Gasteiger partial charge in [0, 0.05) is 60.5 Å². The van der Waals surface area contributed by atoms with Crippen LogP contribution in [-0.4, -0.2) is 170 Å². The Balaban J connectivity index is 0.000000187. The van der Waals surface area contributed by atoms with Crippen LogP contribution in [0.15, 0.2) is 141 Å². The third-order valence-corrected chi connectivity index (χ3v) is 23.0. The molecule has 16 rings (SSSR count). The van der Waals surface area contributed by atoms with Crippen LogP contribution in [0.5, 0.6) is 104 Å². The van der Waals surface area contributed by atoms with Gasteiger partial charge in [-0.15, -0.1) is 10.2 Å². The minimum atomic E-state index is -0.643. The van der Waals surface area contributed by atoms with Crippen molar-refractivity contribution in [1.82, 2.24) is 77.4 Å². The molecule has 147 heavy (non-hydrogen) atoms. The number of hydrogen-bond acceptors (Lipinski definition) is 34. The fraction of sp³-hybridized carbons (Fsp3) is 0.354. The molecule has 8 heterocycles. The first-order valence-corrected chi connectivity index (χ1v) is 46.1. The molecule has 8 aromatic carbocycles. The Labute approximate surface area is 859 Å². The van der Waals surface area contributed by atoms with Gasteiger partial charge in [0.1, 0.15) is 16.2 Å². The minimum Gasteiger partial charge on any atom is -0.504 e. The molecule has 48 heteroatoms. The van der Waals surface area contributed by atoms with Crippen LogP contribution >= 0.6 is 58.0 Å². The van der Waals surface area contributed by atoms with Crippen LogP contribution < -0.4 is 59.5 Å². The number of rotatable bonds is 2. The zero-order chi connectivity index (χ0) is 112. The molecule has 0 aliphatic carbocycles. The molecule has 0 bridgehead atoms. The van der Waals surface area contributed by atoms with Crippen molar-refractivity contribution in [2.75, 3.05) is 0 Å². The minimum absolute atomic E-state index is 0.0294. The van der Waals surface area contributed by atoms with Crippen LogP contribution in [0.1, 0.15) is 166 Å². The van der Waals surface area contributed by atoms with Gasteiger partial charge < -0.3 is 91.2 Å². The molecule has 0 amide bonds. The highest BCUT2D eigenvalue weighted by molar-refractivity contribution is 6.39. The Kier molecular flexibility index (Phi) is 32.8. The predicted molar refractivity (Wildman–Crippen MR) is 560 cm³/mol. The molecule has 0 unspecified atom stereocenters. The second-order valence-electron chi connectivity index (χ2n) is 41.4. The summed E-state index contributed by atoms with van der Waals surface area (Å²) in [6.45, 7) is 44.2. The van der Waals surface area contributed by atoms with Crippen molar-refractivity contribution >= 4 is 144 Å². The maximum atomic E-state index is 12.6. The van der Waals surface area contributed by atoms with E-state index in [0.717, 1.165) is 15.4 Å². The Hall–Kier alpha value is -15.5. The van der Waals surface area contributed by atoms with Crippen LogP contribution in [0, 0.1) is 0 Å². The van der Waals surface area contributed by atoms with Gasteiger partial charge in [-0.25, -0.2) is 42.7 Å². The van der Waals surface area contributed by atoms with Gasteiger partial charge in [0.25, 0.3) is 50.0 Å². The maximum absolute atomic E-state index is 12.6. The summed E-state index contributed by atoms with van der Waals surface area (Å²) in [4.78, 5) is 118. The predicted octanol–water partition coefficient (Wildman–Crippen LogP) is 15.0. The summed E-state index contributed by atoms with van der Waals surface area (Å²) in [5.41, 5.74) is -6.79. The lowest BCUT2D eigenvalue weighted by Crippen LogP contribution is -2.45. The molecular formula is C99H113Cl5N16O27. The lowest BCUT2D eigenvalue weighted by atomic mass is 10.1. The SMILES string of the molecule is CC(C)(C)n1cnc2cc(O)c(O)c(Cl)c2c1=O.CC(C)(C)n1cnc2cc(O)c(O)cc2c1=O.CC(C)(C)n1ncc2c(Cl)c(O)c(O)cc2c1=O.CC(C)(C)n1ncc2cc(O)c(O)c(Cl)c2c1=O.CC(C)(C)n1ncc2cc(O)c(O)cc2c1=O.Cn1c(=O)c2cc(O)c(O)c(Cl)c2c(=O)n1C(C)(C)C.Cn1nc(OC(C)(C)C)c2cc(O)c(O)c(Cl)c2c1=O.Cn1nc(OC(C)(C)C)c2cc(O)c(O)cc2c1=O. The second kappa shape index (κ2) is 41.9. The van der Waals surface area contributed by atoms with Crippen molar-refractivity contribution in [3.8, 4) is 104 Å². The normalized spacial score (nSPS) is 11.9. The lowest BCUT2D eigenvalue weighted by Gasteiger charge is -2.26. The largest absolute Gasteiger partial charge is 0.504 e. The van der Waals surface area contributed by atoms with Crippen LogP contribution in [0.3, 0.4) is 0 Å². The van der Waals surface area contributed by atoms with E-state index < -0.39 is 113 Å². The Morgan fingerprint density at radius 3 is 1.04 bits per heavy atom. The summed E-state index contributed by atoms with van der Waals surface area (Å²) in [6, 6.07) is 13.5. The monoisotopic (exact) mass is 2130 g/mol. The zero-order valence-electron chi connectivity index (χ0n) is 84.9. The number of fused-ring (bicyclic) bond motifs is 8. The number of aromatic nitrogens is 16. The van der Waals surface area contributed by atoms with Gasteiger partial charge in [-0.1, -0.05) is 58.0 Å². The molecule has 16 aromatic rings. The summed E-state index contributed by atoms with van der Waals surface area (Å²) in [5, 5.41) is 174. The quantitative estimate of drug-likeness (QED) is 0.0715. The summed E-state index contributed by atoms with van der Waals surface area (Å²) >= 11 is 29.5. The van der Waals surface area contributed by atoms with Gasteiger partial charge >= 0.3 is 0 Å². The van der Waals surface area contributed by atoms with E-state index in [-0.39, 0.29) is 164 Å². The summed E-state index contributed by atoms with van der Waals surface area (Å²) < 4.78 is 22.9. The first-order valence-electron chi connectivity index (χ1n) is 44.2. The van der Waals surface area contributed by atoms with Crippen LogP contribution in [0.2, 0.25) is 25.1 Å². The molecule has 0 aliphatic rings. The Bertz CT molecular complexity index is 8340. The molecule has 0 radical (unpaired) electrons. The van der Waals surface area contributed by atoms with E-state index in [1.807, 2.05) is 145 Å². The number of aromatic hydroxyl groups is 16. The zero-order valence-corrected chi connectivity index (χ0v) is 88.7. The number of aryl methyl sites for hydroxylation is 2. The average molecular weight is 2140 g/mol. The molecule has 0 aliphatic heterocycles. The van der Waals surface area contributed by atoms with Crippen LogP contribution in [0.25, 0.3) is 86.4 Å². The van der Waals surface area contributed by atoms with Crippen molar-refractivity contribution in [1.29, 1.82) is 0 Å². The van der Waals surface area contributed by atoms with E-state index in [4.69, 9.17) is 67.5 Å². The van der Waals surface area contributed by atoms with Gasteiger partial charge in [0.15, 0.2) is 92.0 Å². The summed E-state index contributed by atoms with van der Waals surface area (Å²) in [5.74, 6) is -6.18. The second-order valence-corrected chi connectivity index (χ2v) is 43.3. The molecule has 43 nitrogen and oxygen atoms in total. The Morgan fingerprint density at radius 1 is 0.259 bits per heavy atom. The van der Waals surface area contributed by atoms with E-state index >= 15 is 0 Å². The molecule has 0 atom stereocenters. The number of benzene rings is 8. The average Bonchev–Trinajstić information content (AvgIpc) is 0.744. The van der Waals surface area contributed by atoms with Gasteiger partial charge in [0.2, 0.25) is 11.8 Å². The Morgan fingerprint density at radius 2 is 0.578 bits per heavy atom. The topological polar surface area (TPSA) is 630 Å². The molecule has 0 fully saturated rings. The van der Waals surface area contributed by atoms with E-state index in [1.165, 1.54) is 146 Å². The fourth-order valence-corrected chi connectivity index (χ4v) is 15.5. The molecular weight excluding hydrogens is 2020 g/mol. The van der Waals surface area contributed by atoms with Crippen molar-refractivity contribution in [3.63, 3.8) is 0 Å². The maximum Gasteiger partial charge on any atom is 0.276 e. The smallest absolute Gasteiger partial charge is 0.276 e. The number of ether oxygens (including phenoxy) is 2. The van der Waals surface area contributed by atoms with Gasteiger partial charge in [0.05, 0.1) is 144 Å². The van der Waals surface area contributed by atoms with E-state index in [1.54, 1.807) is 20.8 Å². The number of nitrogens with zero attached hydrogens (tertiary/aromatic N) is 16. The molecule has 0 saturated carbocycles. The number of phenols is 16. The van der Waals surface area contributed by atoms with Crippen LogP contribution in [0.4, 0.5) is 0 Å². The van der Waals surface area contributed by atoms with Gasteiger partial charge in [-0.05, 0) is 221 Å². The van der Waals surface area contributed by atoms with Crippen molar-refractivity contribution in [2.24, 2.45) is 21.1 Å².